The largest absolute Gasteiger partial charge is 0.416 e. The van der Waals surface area contributed by atoms with E-state index in [1.807, 2.05) is 13.8 Å². The van der Waals surface area contributed by atoms with Crippen molar-refractivity contribution in [2.75, 3.05) is 26.3 Å². The summed E-state index contributed by atoms with van der Waals surface area (Å²) in [5.74, 6) is 0.718. The van der Waals surface area contributed by atoms with Gasteiger partial charge < -0.3 is 14.1 Å². The molecule has 1 saturated heterocycles. The van der Waals surface area contributed by atoms with Gasteiger partial charge >= 0.3 is 5.84 Å². The molecule has 0 aliphatic carbocycles. The molecule has 1 aliphatic heterocycles. The summed E-state index contributed by atoms with van der Waals surface area (Å²) in [5, 5.41) is 4.10. The molecule has 2 aromatic heterocycles. The van der Waals surface area contributed by atoms with E-state index in [0.29, 0.717) is 37.9 Å². The maximum Gasteiger partial charge on any atom is 0.325 e. The second-order valence-electron chi connectivity index (χ2n) is 4.83. The number of carbonyl (C=O) groups is 1. The standard InChI is InChI=1S/C12H16N4O3/c1-8(2)9-10(19-12-13-7-14-16(9)12)11(17)15-3-5-18-6-4-15/h7-8H,3-6H2,1-2H3. The molecule has 3 heterocycles. The number of fused-ring (bicyclic) bond motifs is 1. The molecular weight excluding hydrogens is 248 g/mol. The number of aromatic nitrogens is 3. The van der Waals surface area contributed by atoms with Crippen LogP contribution in [0.1, 0.15) is 36.0 Å². The molecule has 0 bridgehead atoms. The Kier molecular flexibility index (Phi) is 2.98. The fourth-order valence-electron chi connectivity index (χ4n) is 2.28. The van der Waals surface area contributed by atoms with Gasteiger partial charge in [-0.2, -0.15) is 14.6 Å². The minimum absolute atomic E-state index is 0.112. The Morgan fingerprint density at radius 2 is 2.11 bits per heavy atom. The van der Waals surface area contributed by atoms with Crippen LogP contribution in [-0.4, -0.2) is 51.7 Å². The molecule has 7 heteroatoms. The van der Waals surface area contributed by atoms with Crippen LogP contribution < -0.4 is 0 Å². The van der Waals surface area contributed by atoms with E-state index in [9.17, 15) is 4.79 Å². The van der Waals surface area contributed by atoms with E-state index in [1.54, 1.807) is 9.42 Å². The van der Waals surface area contributed by atoms with Gasteiger partial charge in [-0.3, -0.25) is 4.79 Å². The predicted molar refractivity (Wildman–Crippen MR) is 66.1 cm³/mol. The van der Waals surface area contributed by atoms with Crippen LogP contribution >= 0.6 is 0 Å². The van der Waals surface area contributed by atoms with Gasteiger partial charge in [0, 0.05) is 13.1 Å². The van der Waals surface area contributed by atoms with Gasteiger partial charge in [0.2, 0.25) is 5.76 Å². The third-order valence-corrected chi connectivity index (χ3v) is 3.21. The Labute approximate surface area is 110 Å². The van der Waals surface area contributed by atoms with Gasteiger partial charge in [0.05, 0.1) is 18.9 Å². The van der Waals surface area contributed by atoms with Crippen LogP contribution in [0.3, 0.4) is 0 Å². The minimum atomic E-state index is -0.112. The molecule has 2 aromatic rings. The van der Waals surface area contributed by atoms with Crippen molar-refractivity contribution in [1.82, 2.24) is 19.5 Å². The SMILES string of the molecule is CC(C)c1c(C(=O)N2CCOCC2)oc2ncnn12. The van der Waals surface area contributed by atoms with Crippen LogP contribution in [-0.2, 0) is 4.74 Å². The van der Waals surface area contributed by atoms with Gasteiger partial charge in [-0.05, 0) is 5.92 Å². The lowest BCUT2D eigenvalue weighted by Gasteiger charge is -2.26. The van der Waals surface area contributed by atoms with Crippen molar-refractivity contribution in [3.05, 3.63) is 17.8 Å². The molecule has 1 aliphatic rings. The maximum absolute atomic E-state index is 12.5. The van der Waals surface area contributed by atoms with Crippen LogP contribution in [0.5, 0.6) is 0 Å². The molecule has 102 valence electrons. The number of ether oxygens (including phenoxy) is 1. The fraction of sp³-hybridized carbons (Fsp3) is 0.583. The molecule has 0 saturated carbocycles. The highest BCUT2D eigenvalue weighted by Gasteiger charge is 2.28. The van der Waals surface area contributed by atoms with E-state index < -0.39 is 0 Å². The summed E-state index contributed by atoms with van der Waals surface area (Å²) in [5.41, 5.74) is 0.768. The van der Waals surface area contributed by atoms with Gasteiger partial charge in [0.15, 0.2) is 0 Å². The minimum Gasteiger partial charge on any atom is -0.416 e. The van der Waals surface area contributed by atoms with Crippen LogP contribution in [0.15, 0.2) is 10.7 Å². The quantitative estimate of drug-likeness (QED) is 0.806. The highest BCUT2D eigenvalue weighted by Crippen LogP contribution is 2.24. The first kappa shape index (κ1) is 12.2. The molecule has 7 nitrogen and oxygen atoms in total. The Balaban J connectivity index is 2.01. The van der Waals surface area contributed by atoms with Crippen molar-refractivity contribution < 1.29 is 13.9 Å². The fourth-order valence-corrected chi connectivity index (χ4v) is 2.28. The Hall–Kier alpha value is -1.89. The highest BCUT2D eigenvalue weighted by atomic mass is 16.5. The van der Waals surface area contributed by atoms with Crippen LogP contribution in [0.25, 0.3) is 5.84 Å². The zero-order valence-corrected chi connectivity index (χ0v) is 11.0. The molecule has 0 N–H and O–H groups in total. The van der Waals surface area contributed by atoms with Crippen molar-refractivity contribution in [3.8, 4) is 0 Å². The number of oxazole rings is 1. The first-order valence-corrected chi connectivity index (χ1v) is 6.38. The van der Waals surface area contributed by atoms with E-state index >= 15 is 0 Å². The second-order valence-corrected chi connectivity index (χ2v) is 4.83. The van der Waals surface area contributed by atoms with Crippen molar-refractivity contribution in [2.24, 2.45) is 0 Å². The van der Waals surface area contributed by atoms with E-state index in [-0.39, 0.29) is 11.8 Å². The summed E-state index contributed by atoms with van der Waals surface area (Å²) < 4.78 is 12.4. The number of hydrogen-bond donors (Lipinski definition) is 0. The summed E-state index contributed by atoms with van der Waals surface area (Å²) in [6, 6.07) is 0. The zero-order valence-electron chi connectivity index (χ0n) is 11.0. The van der Waals surface area contributed by atoms with Gasteiger partial charge in [-0.25, -0.2) is 0 Å². The topological polar surface area (TPSA) is 72.9 Å². The van der Waals surface area contributed by atoms with Crippen molar-refractivity contribution in [3.63, 3.8) is 0 Å². The van der Waals surface area contributed by atoms with Crippen molar-refractivity contribution in [2.45, 2.75) is 19.8 Å². The van der Waals surface area contributed by atoms with Crippen molar-refractivity contribution >= 4 is 11.8 Å². The van der Waals surface area contributed by atoms with E-state index in [1.165, 1.54) is 6.33 Å². The number of carbonyl (C=O) groups excluding carboxylic acids is 1. The predicted octanol–water partition coefficient (Wildman–Crippen LogP) is 0.918. The lowest BCUT2D eigenvalue weighted by Crippen LogP contribution is -2.41. The van der Waals surface area contributed by atoms with Gasteiger partial charge in [-0.15, -0.1) is 0 Å². The first-order valence-electron chi connectivity index (χ1n) is 6.38. The van der Waals surface area contributed by atoms with Crippen molar-refractivity contribution in [1.29, 1.82) is 0 Å². The monoisotopic (exact) mass is 264 g/mol. The third kappa shape index (κ3) is 1.99. The molecule has 0 unspecified atom stereocenters. The summed E-state index contributed by atoms with van der Waals surface area (Å²) in [6.07, 6.45) is 1.42. The average molecular weight is 264 g/mol. The highest BCUT2D eigenvalue weighted by molar-refractivity contribution is 5.93. The summed E-state index contributed by atoms with van der Waals surface area (Å²) in [6.45, 7) is 6.32. The van der Waals surface area contributed by atoms with Crippen LogP contribution in [0.2, 0.25) is 0 Å². The normalized spacial score (nSPS) is 16.5. The molecule has 19 heavy (non-hydrogen) atoms. The summed E-state index contributed by atoms with van der Waals surface area (Å²) in [7, 11) is 0. The molecule has 0 atom stereocenters. The van der Waals surface area contributed by atoms with Gasteiger partial charge in [-0.1, -0.05) is 13.8 Å². The smallest absolute Gasteiger partial charge is 0.325 e. The van der Waals surface area contributed by atoms with E-state index in [2.05, 4.69) is 10.1 Å². The first-order chi connectivity index (χ1) is 9.18. The maximum atomic E-state index is 12.5. The number of amides is 1. The Bertz CT molecular complexity index is 595. The Morgan fingerprint density at radius 3 is 2.79 bits per heavy atom. The van der Waals surface area contributed by atoms with Gasteiger partial charge in [0.25, 0.3) is 5.91 Å². The average Bonchev–Trinajstić information content (AvgIpc) is 2.98. The van der Waals surface area contributed by atoms with Crippen LogP contribution in [0, 0.1) is 0 Å². The summed E-state index contributed by atoms with van der Waals surface area (Å²) >= 11 is 0. The number of rotatable bonds is 2. The molecule has 0 aromatic carbocycles. The van der Waals surface area contributed by atoms with E-state index in [0.717, 1.165) is 5.69 Å². The zero-order chi connectivity index (χ0) is 13.4. The van der Waals surface area contributed by atoms with Crippen LogP contribution in [0.4, 0.5) is 0 Å². The molecule has 1 fully saturated rings. The number of morpholine rings is 1. The molecular formula is C12H16N4O3. The number of nitrogens with zero attached hydrogens (tertiary/aromatic N) is 4. The third-order valence-electron chi connectivity index (χ3n) is 3.21. The molecule has 0 radical (unpaired) electrons. The van der Waals surface area contributed by atoms with E-state index in [4.69, 9.17) is 9.15 Å². The number of hydrogen-bond acceptors (Lipinski definition) is 5. The second kappa shape index (κ2) is 4.65. The molecule has 1 amide bonds. The molecule has 0 spiro atoms. The lowest BCUT2D eigenvalue weighted by atomic mass is 10.1. The Morgan fingerprint density at radius 1 is 1.37 bits per heavy atom. The summed E-state index contributed by atoms with van der Waals surface area (Å²) in [4.78, 5) is 18.2. The lowest BCUT2D eigenvalue weighted by molar-refractivity contribution is 0.0282. The molecule has 3 rings (SSSR count). The van der Waals surface area contributed by atoms with Gasteiger partial charge in [0.1, 0.15) is 6.33 Å².